The molecule has 2 rings (SSSR count). The Morgan fingerprint density at radius 2 is 1.67 bits per heavy atom. The van der Waals surface area contributed by atoms with E-state index >= 15 is 0 Å². The minimum absolute atomic E-state index is 0.0277. The zero-order valence-corrected chi connectivity index (χ0v) is 10.5. The van der Waals surface area contributed by atoms with E-state index in [4.69, 9.17) is 28.9 Å². The van der Waals surface area contributed by atoms with Crippen LogP contribution in [-0.4, -0.2) is 0 Å². The van der Waals surface area contributed by atoms with Gasteiger partial charge in [0.25, 0.3) is 0 Å². The second kappa shape index (κ2) is 5.00. The molecular weight excluding hydrogens is 281 g/mol. The number of benzene rings is 2. The molecule has 0 amide bonds. The molecule has 18 heavy (non-hydrogen) atoms. The van der Waals surface area contributed by atoms with Gasteiger partial charge in [-0.15, -0.1) is 0 Å². The van der Waals surface area contributed by atoms with Crippen LogP contribution < -0.4 is 11.1 Å². The Morgan fingerprint density at radius 3 is 2.39 bits per heavy atom. The SMILES string of the molecule is Nc1cc(Cl)c(Cl)cc1Nc1cccc(F)c1F. The highest BCUT2D eigenvalue weighted by atomic mass is 35.5. The Bertz CT molecular complexity index is 603. The minimum atomic E-state index is -0.983. The molecule has 6 heteroatoms. The van der Waals surface area contributed by atoms with E-state index in [1.807, 2.05) is 0 Å². The molecule has 0 radical (unpaired) electrons. The first-order valence-electron chi connectivity index (χ1n) is 4.94. The molecule has 2 aromatic rings. The van der Waals surface area contributed by atoms with Crippen molar-refractivity contribution in [2.45, 2.75) is 0 Å². The molecule has 0 saturated heterocycles. The first-order chi connectivity index (χ1) is 8.49. The molecule has 2 nitrogen and oxygen atoms in total. The molecule has 0 aromatic heterocycles. The molecule has 3 N–H and O–H groups in total. The molecule has 0 spiro atoms. The molecule has 0 unspecified atom stereocenters. The van der Waals surface area contributed by atoms with Gasteiger partial charge in [0.1, 0.15) is 0 Å². The second-order valence-corrected chi connectivity index (χ2v) is 4.39. The summed E-state index contributed by atoms with van der Waals surface area (Å²) in [5.41, 5.74) is 6.32. The Morgan fingerprint density at radius 1 is 1.00 bits per heavy atom. The minimum Gasteiger partial charge on any atom is -0.397 e. The number of nitrogens with two attached hydrogens (primary N) is 1. The Hall–Kier alpha value is -1.52. The highest BCUT2D eigenvalue weighted by Gasteiger charge is 2.10. The van der Waals surface area contributed by atoms with E-state index in [1.54, 1.807) is 0 Å². The third-order valence-electron chi connectivity index (χ3n) is 2.31. The van der Waals surface area contributed by atoms with E-state index in [2.05, 4.69) is 5.32 Å². The van der Waals surface area contributed by atoms with Crippen LogP contribution in [0.2, 0.25) is 10.0 Å². The summed E-state index contributed by atoms with van der Waals surface area (Å²) in [7, 11) is 0. The Kier molecular flexibility index (Phi) is 3.59. The van der Waals surface area contributed by atoms with Crippen molar-refractivity contribution in [2.24, 2.45) is 0 Å². The van der Waals surface area contributed by atoms with Gasteiger partial charge in [-0.3, -0.25) is 0 Å². The van der Waals surface area contributed by atoms with Gasteiger partial charge >= 0.3 is 0 Å². The Balaban J connectivity index is 2.40. The summed E-state index contributed by atoms with van der Waals surface area (Å²) in [5.74, 6) is -1.93. The summed E-state index contributed by atoms with van der Waals surface area (Å²) in [4.78, 5) is 0. The van der Waals surface area contributed by atoms with Crippen molar-refractivity contribution in [1.29, 1.82) is 0 Å². The lowest BCUT2D eigenvalue weighted by Gasteiger charge is -2.11. The summed E-state index contributed by atoms with van der Waals surface area (Å²) in [6, 6.07) is 6.68. The molecule has 0 aliphatic rings. The predicted molar refractivity (Wildman–Crippen MR) is 70.5 cm³/mol. The van der Waals surface area contributed by atoms with E-state index in [0.717, 1.165) is 6.07 Å². The van der Waals surface area contributed by atoms with Gasteiger partial charge in [-0.1, -0.05) is 29.3 Å². The number of halogens is 4. The lowest BCUT2D eigenvalue weighted by molar-refractivity contribution is 0.512. The molecule has 0 heterocycles. The van der Waals surface area contributed by atoms with Crippen LogP contribution in [-0.2, 0) is 0 Å². The van der Waals surface area contributed by atoms with Crippen LogP contribution in [0.3, 0.4) is 0 Å². The van der Waals surface area contributed by atoms with Crippen LogP contribution in [0.1, 0.15) is 0 Å². The summed E-state index contributed by atoms with van der Waals surface area (Å²) in [5, 5.41) is 3.23. The topological polar surface area (TPSA) is 38.0 Å². The fourth-order valence-corrected chi connectivity index (χ4v) is 1.75. The normalized spacial score (nSPS) is 10.4. The van der Waals surface area contributed by atoms with Crippen molar-refractivity contribution in [3.05, 3.63) is 52.0 Å². The van der Waals surface area contributed by atoms with E-state index in [0.29, 0.717) is 10.7 Å². The molecule has 0 aliphatic carbocycles. The fraction of sp³-hybridized carbons (Fsp3) is 0. The van der Waals surface area contributed by atoms with Crippen molar-refractivity contribution in [1.82, 2.24) is 0 Å². The Labute approximate surface area is 112 Å². The van der Waals surface area contributed by atoms with Crippen LogP contribution in [0, 0.1) is 11.6 Å². The standard InChI is InChI=1S/C12H8Cl2F2N2/c13-6-4-9(17)11(5-7(6)14)18-10-3-1-2-8(15)12(10)16/h1-5,18H,17H2. The highest BCUT2D eigenvalue weighted by Crippen LogP contribution is 2.33. The van der Waals surface area contributed by atoms with Crippen LogP contribution >= 0.6 is 23.2 Å². The summed E-state index contributed by atoms with van der Waals surface area (Å²) < 4.78 is 26.5. The molecule has 0 fully saturated rings. The second-order valence-electron chi connectivity index (χ2n) is 3.58. The predicted octanol–water partition coefficient (Wildman–Crippen LogP) is 4.60. The van der Waals surface area contributed by atoms with Gasteiger partial charge in [0.05, 0.1) is 27.1 Å². The summed E-state index contributed by atoms with van der Waals surface area (Å²) >= 11 is 11.6. The smallest absolute Gasteiger partial charge is 0.182 e. The first kappa shape index (κ1) is 12.9. The van der Waals surface area contributed by atoms with E-state index in [1.165, 1.54) is 24.3 Å². The largest absolute Gasteiger partial charge is 0.397 e. The number of hydrogen-bond donors (Lipinski definition) is 2. The monoisotopic (exact) mass is 288 g/mol. The molecule has 0 atom stereocenters. The van der Waals surface area contributed by atoms with Crippen molar-refractivity contribution < 1.29 is 8.78 Å². The third-order valence-corrected chi connectivity index (χ3v) is 3.04. The first-order valence-corrected chi connectivity index (χ1v) is 5.70. The average molecular weight is 289 g/mol. The van der Waals surface area contributed by atoms with Crippen molar-refractivity contribution in [3.8, 4) is 0 Å². The van der Waals surface area contributed by atoms with Gasteiger partial charge in [0, 0.05) is 0 Å². The molecule has 0 bridgehead atoms. The molecular formula is C12H8Cl2F2N2. The van der Waals surface area contributed by atoms with Crippen molar-refractivity contribution >= 4 is 40.3 Å². The highest BCUT2D eigenvalue weighted by molar-refractivity contribution is 6.42. The maximum atomic E-state index is 13.5. The van der Waals surface area contributed by atoms with Crippen LogP contribution in [0.4, 0.5) is 25.8 Å². The van der Waals surface area contributed by atoms with E-state index in [9.17, 15) is 8.78 Å². The number of hydrogen-bond acceptors (Lipinski definition) is 2. The number of rotatable bonds is 2. The lowest BCUT2D eigenvalue weighted by atomic mass is 10.2. The molecule has 0 saturated carbocycles. The van der Waals surface area contributed by atoms with Gasteiger partial charge in [0.2, 0.25) is 0 Å². The number of nitrogen functional groups attached to an aromatic ring is 1. The van der Waals surface area contributed by atoms with E-state index in [-0.39, 0.29) is 16.4 Å². The zero-order valence-electron chi connectivity index (χ0n) is 8.98. The average Bonchev–Trinajstić information content (AvgIpc) is 2.32. The van der Waals surface area contributed by atoms with Crippen molar-refractivity contribution in [2.75, 3.05) is 11.1 Å². The maximum Gasteiger partial charge on any atom is 0.182 e. The van der Waals surface area contributed by atoms with Crippen molar-refractivity contribution in [3.63, 3.8) is 0 Å². The number of nitrogens with one attached hydrogen (secondary N) is 1. The van der Waals surface area contributed by atoms with Gasteiger partial charge in [0.15, 0.2) is 11.6 Å². The van der Waals surface area contributed by atoms with Gasteiger partial charge in [-0.2, -0.15) is 0 Å². The quantitative estimate of drug-likeness (QED) is 0.793. The maximum absolute atomic E-state index is 13.5. The third kappa shape index (κ3) is 2.49. The lowest BCUT2D eigenvalue weighted by Crippen LogP contribution is -1.99. The fourth-order valence-electron chi connectivity index (χ4n) is 1.42. The van der Waals surface area contributed by atoms with Crippen LogP contribution in [0.5, 0.6) is 0 Å². The number of anilines is 3. The van der Waals surface area contributed by atoms with E-state index < -0.39 is 11.6 Å². The van der Waals surface area contributed by atoms with Gasteiger partial charge in [-0.25, -0.2) is 8.78 Å². The van der Waals surface area contributed by atoms with Gasteiger partial charge < -0.3 is 11.1 Å². The van der Waals surface area contributed by atoms with Crippen LogP contribution in [0.15, 0.2) is 30.3 Å². The van der Waals surface area contributed by atoms with Gasteiger partial charge in [-0.05, 0) is 24.3 Å². The summed E-state index contributed by atoms with van der Waals surface area (Å²) in [6.45, 7) is 0. The molecule has 94 valence electrons. The molecule has 0 aliphatic heterocycles. The molecule has 2 aromatic carbocycles. The van der Waals surface area contributed by atoms with Crippen LogP contribution in [0.25, 0.3) is 0 Å². The zero-order chi connectivity index (χ0) is 13.3. The summed E-state index contributed by atoms with van der Waals surface area (Å²) in [6.07, 6.45) is 0.